The molecule has 0 bridgehead atoms. The normalized spacial score (nSPS) is 18.1. The van der Waals surface area contributed by atoms with Gasteiger partial charge in [0.15, 0.2) is 0 Å². The number of anilines is 1. The maximum atomic E-state index is 12.9. The number of benzene rings is 2. The molecule has 144 valence electrons. The summed E-state index contributed by atoms with van der Waals surface area (Å²) in [7, 11) is -3.83. The Bertz CT molecular complexity index is 892. The standard InChI is InChI=1S/C19H21FN2O4S/c1-13(18-3-2-12-26-18)21-19(23)14-4-10-17(11-5-14)27(24,25)22-16-8-6-15(20)7-9-16/h4-11,13,18,22H,2-3,12H2,1H3,(H,21,23). The number of hydrogen-bond acceptors (Lipinski definition) is 4. The summed E-state index contributed by atoms with van der Waals surface area (Å²) in [5, 5.41) is 2.88. The van der Waals surface area contributed by atoms with Crippen LogP contribution in [0.25, 0.3) is 0 Å². The molecule has 0 aromatic heterocycles. The highest BCUT2D eigenvalue weighted by atomic mass is 32.2. The van der Waals surface area contributed by atoms with Crippen molar-refractivity contribution in [3.8, 4) is 0 Å². The quantitative estimate of drug-likeness (QED) is 0.792. The van der Waals surface area contributed by atoms with E-state index in [0.717, 1.165) is 12.8 Å². The zero-order chi connectivity index (χ0) is 19.4. The van der Waals surface area contributed by atoms with Crippen molar-refractivity contribution in [2.24, 2.45) is 0 Å². The van der Waals surface area contributed by atoms with Gasteiger partial charge in [0.2, 0.25) is 0 Å². The van der Waals surface area contributed by atoms with E-state index in [1.54, 1.807) is 0 Å². The lowest BCUT2D eigenvalue weighted by molar-refractivity contribution is 0.0712. The average molecular weight is 392 g/mol. The minimum Gasteiger partial charge on any atom is -0.376 e. The summed E-state index contributed by atoms with van der Waals surface area (Å²) >= 11 is 0. The van der Waals surface area contributed by atoms with Crippen molar-refractivity contribution >= 4 is 21.6 Å². The highest BCUT2D eigenvalue weighted by Gasteiger charge is 2.24. The van der Waals surface area contributed by atoms with E-state index >= 15 is 0 Å². The second-order valence-corrected chi connectivity index (χ2v) is 8.13. The molecule has 1 amide bonds. The Morgan fingerprint density at radius 2 is 1.81 bits per heavy atom. The first kappa shape index (κ1) is 19.3. The fourth-order valence-corrected chi connectivity index (χ4v) is 3.96. The molecule has 8 heteroatoms. The van der Waals surface area contributed by atoms with Crippen LogP contribution in [0.5, 0.6) is 0 Å². The number of amides is 1. The van der Waals surface area contributed by atoms with Crippen LogP contribution in [0.4, 0.5) is 10.1 Å². The maximum absolute atomic E-state index is 12.9. The summed E-state index contributed by atoms with van der Waals surface area (Å²) in [6.45, 7) is 2.60. The highest BCUT2D eigenvalue weighted by molar-refractivity contribution is 7.92. The first-order chi connectivity index (χ1) is 12.8. The molecular weight excluding hydrogens is 371 g/mol. The minimum atomic E-state index is -3.83. The van der Waals surface area contributed by atoms with Crippen molar-refractivity contribution in [3.63, 3.8) is 0 Å². The average Bonchev–Trinajstić information content (AvgIpc) is 3.18. The molecule has 2 unspecified atom stereocenters. The molecule has 27 heavy (non-hydrogen) atoms. The number of ether oxygens (including phenoxy) is 1. The lowest BCUT2D eigenvalue weighted by Gasteiger charge is -2.20. The summed E-state index contributed by atoms with van der Waals surface area (Å²) in [6, 6.07) is 10.5. The summed E-state index contributed by atoms with van der Waals surface area (Å²) in [4.78, 5) is 12.3. The first-order valence-corrected chi connectivity index (χ1v) is 10.1. The fourth-order valence-electron chi connectivity index (χ4n) is 2.90. The minimum absolute atomic E-state index is 0.00788. The second-order valence-electron chi connectivity index (χ2n) is 6.45. The molecule has 0 saturated carbocycles. The predicted octanol–water partition coefficient (Wildman–Crippen LogP) is 2.92. The Balaban J connectivity index is 1.66. The smallest absolute Gasteiger partial charge is 0.261 e. The van der Waals surface area contributed by atoms with E-state index in [-0.39, 0.29) is 28.6 Å². The third kappa shape index (κ3) is 4.84. The lowest BCUT2D eigenvalue weighted by atomic mass is 10.1. The van der Waals surface area contributed by atoms with E-state index in [4.69, 9.17) is 4.74 Å². The van der Waals surface area contributed by atoms with Gasteiger partial charge < -0.3 is 10.1 Å². The van der Waals surface area contributed by atoms with Gasteiger partial charge in [0, 0.05) is 17.9 Å². The van der Waals surface area contributed by atoms with E-state index < -0.39 is 15.8 Å². The predicted molar refractivity (Wildman–Crippen MR) is 99.6 cm³/mol. The molecular formula is C19H21FN2O4S. The number of rotatable bonds is 6. The molecule has 2 atom stereocenters. The molecule has 1 saturated heterocycles. The van der Waals surface area contributed by atoms with Gasteiger partial charge in [-0.25, -0.2) is 12.8 Å². The molecule has 0 radical (unpaired) electrons. The molecule has 6 nitrogen and oxygen atoms in total. The molecule has 0 spiro atoms. The first-order valence-electron chi connectivity index (χ1n) is 8.66. The van der Waals surface area contributed by atoms with Crippen molar-refractivity contribution in [3.05, 3.63) is 59.9 Å². The molecule has 2 aromatic carbocycles. The zero-order valence-corrected chi connectivity index (χ0v) is 15.6. The summed E-state index contributed by atoms with van der Waals surface area (Å²) < 4.78 is 45.6. The maximum Gasteiger partial charge on any atom is 0.261 e. The third-order valence-corrected chi connectivity index (χ3v) is 5.80. The number of nitrogens with one attached hydrogen (secondary N) is 2. The number of carbonyl (C=O) groups is 1. The molecule has 1 aliphatic rings. The highest BCUT2D eigenvalue weighted by Crippen LogP contribution is 2.18. The van der Waals surface area contributed by atoms with Gasteiger partial charge in [-0.1, -0.05) is 0 Å². The van der Waals surface area contributed by atoms with Gasteiger partial charge in [0.25, 0.3) is 15.9 Å². The molecule has 3 rings (SSSR count). The van der Waals surface area contributed by atoms with Gasteiger partial charge in [-0.3, -0.25) is 9.52 Å². The molecule has 1 aliphatic heterocycles. The van der Waals surface area contributed by atoms with Crippen molar-refractivity contribution in [1.82, 2.24) is 5.32 Å². The summed E-state index contributed by atoms with van der Waals surface area (Å²) in [5.74, 6) is -0.737. The molecule has 1 fully saturated rings. The van der Waals surface area contributed by atoms with Gasteiger partial charge >= 0.3 is 0 Å². The van der Waals surface area contributed by atoms with Crippen LogP contribution >= 0.6 is 0 Å². The van der Waals surface area contributed by atoms with Crippen molar-refractivity contribution in [2.45, 2.75) is 36.8 Å². The molecule has 1 heterocycles. The molecule has 2 aromatic rings. The van der Waals surface area contributed by atoms with E-state index in [0.29, 0.717) is 12.2 Å². The fraction of sp³-hybridized carbons (Fsp3) is 0.316. The second kappa shape index (κ2) is 8.06. The number of sulfonamides is 1. The van der Waals surface area contributed by atoms with Gasteiger partial charge in [0.05, 0.1) is 17.0 Å². The van der Waals surface area contributed by atoms with E-state index in [9.17, 15) is 17.6 Å². The topological polar surface area (TPSA) is 84.5 Å². The van der Waals surface area contributed by atoms with Crippen LogP contribution in [0.3, 0.4) is 0 Å². The molecule has 2 N–H and O–H groups in total. The van der Waals surface area contributed by atoms with Crippen LogP contribution in [0.2, 0.25) is 0 Å². The van der Waals surface area contributed by atoms with Gasteiger partial charge in [-0.2, -0.15) is 0 Å². The Morgan fingerprint density at radius 3 is 2.41 bits per heavy atom. The van der Waals surface area contributed by atoms with E-state index in [2.05, 4.69) is 10.0 Å². The molecule has 0 aliphatic carbocycles. The largest absolute Gasteiger partial charge is 0.376 e. The van der Waals surface area contributed by atoms with Crippen molar-refractivity contribution < 1.29 is 22.3 Å². The number of hydrogen-bond donors (Lipinski definition) is 2. The zero-order valence-electron chi connectivity index (χ0n) is 14.8. The Hall–Kier alpha value is -2.45. The summed E-state index contributed by atoms with van der Waals surface area (Å²) in [5.41, 5.74) is 0.615. The van der Waals surface area contributed by atoms with Gasteiger partial charge in [-0.05, 0) is 68.3 Å². The number of carbonyl (C=O) groups excluding carboxylic acids is 1. The number of halogens is 1. The van der Waals surface area contributed by atoms with Crippen LogP contribution in [0.1, 0.15) is 30.1 Å². The van der Waals surface area contributed by atoms with Crippen LogP contribution < -0.4 is 10.0 Å². The lowest BCUT2D eigenvalue weighted by Crippen LogP contribution is -2.40. The van der Waals surface area contributed by atoms with Gasteiger partial charge in [0.1, 0.15) is 5.82 Å². The van der Waals surface area contributed by atoms with E-state index in [1.807, 2.05) is 6.92 Å². The van der Waals surface area contributed by atoms with Crippen molar-refractivity contribution in [1.29, 1.82) is 0 Å². The third-order valence-electron chi connectivity index (χ3n) is 4.40. The van der Waals surface area contributed by atoms with Crippen LogP contribution in [-0.2, 0) is 14.8 Å². The van der Waals surface area contributed by atoms with Crippen LogP contribution in [0, 0.1) is 5.82 Å². The van der Waals surface area contributed by atoms with Gasteiger partial charge in [-0.15, -0.1) is 0 Å². The van der Waals surface area contributed by atoms with Crippen LogP contribution in [-0.4, -0.2) is 33.1 Å². The monoisotopic (exact) mass is 392 g/mol. The van der Waals surface area contributed by atoms with Crippen molar-refractivity contribution in [2.75, 3.05) is 11.3 Å². The van der Waals surface area contributed by atoms with Crippen LogP contribution in [0.15, 0.2) is 53.4 Å². The Kier molecular flexibility index (Phi) is 5.76. The Labute approximate surface area is 157 Å². The SMILES string of the molecule is CC(NC(=O)c1ccc(S(=O)(=O)Nc2ccc(F)cc2)cc1)C1CCCO1. The summed E-state index contributed by atoms with van der Waals surface area (Å²) in [6.07, 6.45) is 1.90. The van der Waals surface area contributed by atoms with E-state index in [1.165, 1.54) is 48.5 Å². The Morgan fingerprint density at radius 1 is 1.15 bits per heavy atom.